The number of carbonyl (C=O) groups is 2. The second kappa shape index (κ2) is 8.74. The van der Waals surface area contributed by atoms with Crippen LogP contribution in [0.3, 0.4) is 0 Å². The van der Waals surface area contributed by atoms with Crippen molar-refractivity contribution >= 4 is 11.9 Å². The van der Waals surface area contributed by atoms with Gasteiger partial charge in [0.1, 0.15) is 18.3 Å². The first-order chi connectivity index (χ1) is 12.7. The fourth-order valence-corrected chi connectivity index (χ4v) is 2.92. The molecule has 1 saturated heterocycles. The van der Waals surface area contributed by atoms with E-state index in [0.717, 1.165) is 0 Å². The summed E-state index contributed by atoms with van der Waals surface area (Å²) in [5.74, 6) is -5.17. The molecule has 1 aromatic rings. The van der Waals surface area contributed by atoms with E-state index in [9.17, 15) is 30.0 Å². The van der Waals surface area contributed by atoms with E-state index >= 15 is 0 Å². The maximum atomic E-state index is 12.3. The van der Waals surface area contributed by atoms with Crippen molar-refractivity contribution in [3.8, 4) is 0 Å². The number of ether oxygens (including phenoxy) is 1. The van der Waals surface area contributed by atoms with Crippen LogP contribution in [-0.4, -0.2) is 85.4 Å². The molecule has 1 heterocycles. The Labute approximate surface area is 154 Å². The van der Waals surface area contributed by atoms with Gasteiger partial charge in [0, 0.05) is 6.42 Å². The average molecular weight is 385 g/mol. The van der Waals surface area contributed by atoms with Gasteiger partial charge in [-0.1, -0.05) is 30.3 Å². The van der Waals surface area contributed by atoms with E-state index in [-0.39, 0.29) is 6.42 Å². The largest absolute Gasteiger partial charge is 0.477 e. The predicted octanol–water partition coefficient (Wildman–Crippen LogP) is -2.65. The summed E-state index contributed by atoms with van der Waals surface area (Å²) in [5, 5.41) is 60.7. The van der Waals surface area contributed by atoms with Crippen molar-refractivity contribution in [2.45, 2.75) is 49.1 Å². The Morgan fingerprint density at radius 2 is 1.89 bits per heavy atom. The Morgan fingerprint density at radius 3 is 2.44 bits per heavy atom. The molecule has 0 aliphatic carbocycles. The molecule has 0 saturated carbocycles. The van der Waals surface area contributed by atoms with Crippen LogP contribution in [0.4, 0.5) is 0 Å². The Morgan fingerprint density at radius 1 is 1.26 bits per heavy atom. The van der Waals surface area contributed by atoms with Crippen molar-refractivity contribution in [1.82, 2.24) is 5.32 Å². The molecule has 150 valence electrons. The van der Waals surface area contributed by atoms with Crippen LogP contribution in [0.1, 0.15) is 12.0 Å². The number of amides is 1. The summed E-state index contributed by atoms with van der Waals surface area (Å²) in [7, 11) is 0. The minimum Gasteiger partial charge on any atom is -0.477 e. The molecular formula is C17H23NO9. The molecular weight excluding hydrogens is 362 g/mol. The SMILES string of the molecule is O=C(Cc1ccccc1)N[C@H]1C(C(O)C(O)CO)O[C@](O)(C(=O)O)C[C@H]1O. The maximum Gasteiger partial charge on any atom is 0.364 e. The molecule has 1 aromatic carbocycles. The van der Waals surface area contributed by atoms with Gasteiger partial charge >= 0.3 is 5.97 Å². The number of aliphatic carboxylic acids is 1. The zero-order valence-corrected chi connectivity index (χ0v) is 14.3. The third-order valence-corrected chi connectivity index (χ3v) is 4.37. The van der Waals surface area contributed by atoms with Gasteiger partial charge < -0.3 is 40.7 Å². The fraction of sp³-hybridized carbons (Fsp3) is 0.529. The van der Waals surface area contributed by atoms with E-state index < -0.39 is 61.1 Å². The first kappa shape index (κ1) is 21.2. The molecule has 2 rings (SSSR count). The molecule has 1 amide bonds. The highest BCUT2D eigenvalue weighted by molar-refractivity contribution is 5.79. The topological polar surface area (TPSA) is 177 Å². The molecule has 10 heteroatoms. The van der Waals surface area contributed by atoms with Gasteiger partial charge in [0.2, 0.25) is 5.91 Å². The molecule has 1 aliphatic rings. The number of hydrogen-bond acceptors (Lipinski definition) is 8. The lowest BCUT2D eigenvalue weighted by Gasteiger charge is -2.44. The zero-order chi connectivity index (χ0) is 20.2. The van der Waals surface area contributed by atoms with E-state index in [2.05, 4.69) is 5.32 Å². The Hall–Kier alpha value is -2.08. The number of carbonyl (C=O) groups excluding carboxylic acids is 1. The van der Waals surface area contributed by atoms with Crippen LogP contribution in [0.5, 0.6) is 0 Å². The maximum absolute atomic E-state index is 12.3. The highest BCUT2D eigenvalue weighted by Crippen LogP contribution is 2.30. The van der Waals surface area contributed by atoms with E-state index in [1.54, 1.807) is 30.3 Å². The first-order valence-corrected chi connectivity index (χ1v) is 8.30. The summed E-state index contributed by atoms with van der Waals surface area (Å²) >= 11 is 0. The van der Waals surface area contributed by atoms with Gasteiger partial charge in [-0.15, -0.1) is 0 Å². The van der Waals surface area contributed by atoms with Crippen molar-refractivity contribution < 1.29 is 45.0 Å². The van der Waals surface area contributed by atoms with Crippen LogP contribution in [0.25, 0.3) is 0 Å². The van der Waals surface area contributed by atoms with Gasteiger partial charge in [-0.05, 0) is 5.56 Å². The number of nitrogens with one attached hydrogen (secondary N) is 1. The lowest BCUT2D eigenvalue weighted by molar-refractivity contribution is -0.295. The second-order valence-electron chi connectivity index (χ2n) is 6.44. The predicted molar refractivity (Wildman–Crippen MR) is 89.3 cm³/mol. The molecule has 1 aliphatic heterocycles. The first-order valence-electron chi connectivity index (χ1n) is 8.30. The highest BCUT2D eigenvalue weighted by atomic mass is 16.7. The molecule has 0 radical (unpaired) electrons. The molecule has 7 N–H and O–H groups in total. The zero-order valence-electron chi connectivity index (χ0n) is 14.3. The minimum atomic E-state index is -2.82. The molecule has 6 atom stereocenters. The quantitative estimate of drug-likeness (QED) is 0.264. The van der Waals surface area contributed by atoms with Crippen LogP contribution >= 0.6 is 0 Å². The summed E-state index contributed by atoms with van der Waals surface area (Å²) in [4.78, 5) is 23.5. The van der Waals surface area contributed by atoms with Crippen LogP contribution in [0.2, 0.25) is 0 Å². The van der Waals surface area contributed by atoms with Crippen LogP contribution in [-0.2, 0) is 20.7 Å². The summed E-state index contributed by atoms with van der Waals surface area (Å²) in [6, 6.07) is 7.33. The summed E-state index contributed by atoms with van der Waals surface area (Å²) in [6.45, 7) is -0.882. The molecule has 10 nitrogen and oxygen atoms in total. The molecule has 27 heavy (non-hydrogen) atoms. The Kier molecular flexibility index (Phi) is 6.87. The van der Waals surface area contributed by atoms with E-state index in [1.807, 2.05) is 0 Å². The van der Waals surface area contributed by atoms with Crippen molar-refractivity contribution in [3.05, 3.63) is 35.9 Å². The van der Waals surface area contributed by atoms with Gasteiger partial charge in [-0.2, -0.15) is 0 Å². The van der Waals surface area contributed by atoms with Gasteiger partial charge in [-0.25, -0.2) is 4.79 Å². The number of carboxylic acids is 1. The van der Waals surface area contributed by atoms with Crippen molar-refractivity contribution in [1.29, 1.82) is 0 Å². The Balaban J connectivity index is 2.19. The smallest absolute Gasteiger partial charge is 0.364 e. The Bertz CT molecular complexity index is 655. The number of aliphatic hydroxyl groups excluding tert-OH is 4. The van der Waals surface area contributed by atoms with E-state index in [0.29, 0.717) is 5.56 Å². The van der Waals surface area contributed by atoms with Crippen LogP contribution in [0, 0.1) is 0 Å². The van der Waals surface area contributed by atoms with Gasteiger partial charge in [0.25, 0.3) is 5.79 Å². The molecule has 0 aromatic heterocycles. The van der Waals surface area contributed by atoms with E-state index in [1.165, 1.54) is 0 Å². The number of benzene rings is 1. The average Bonchev–Trinajstić information content (AvgIpc) is 2.63. The van der Waals surface area contributed by atoms with Gasteiger partial charge in [0.05, 0.1) is 25.2 Å². The number of hydrogen-bond donors (Lipinski definition) is 7. The lowest BCUT2D eigenvalue weighted by atomic mass is 9.88. The normalized spacial score (nSPS) is 30.3. The van der Waals surface area contributed by atoms with Crippen LogP contribution < -0.4 is 5.32 Å². The number of carboxylic acid groups (broad SMARTS) is 1. The summed E-state index contributed by atoms with van der Waals surface area (Å²) in [5.41, 5.74) is 0.677. The lowest BCUT2D eigenvalue weighted by Crippen LogP contribution is -2.67. The highest BCUT2D eigenvalue weighted by Gasteiger charge is 2.53. The number of aliphatic hydroxyl groups is 5. The fourth-order valence-electron chi connectivity index (χ4n) is 2.92. The molecule has 1 fully saturated rings. The summed E-state index contributed by atoms with van der Waals surface area (Å²) in [6.07, 6.45) is -7.72. The third-order valence-electron chi connectivity index (χ3n) is 4.37. The van der Waals surface area contributed by atoms with Gasteiger partial charge in [-0.3, -0.25) is 4.79 Å². The summed E-state index contributed by atoms with van der Waals surface area (Å²) < 4.78 is 5.01. The third kappa shape index (κ3) is 5.01. The van der Waals surface area contributed by atoms with E-state index in [4.69, 9.17) is 14.9 Å². The molecule has 0 spiro atoms. The van der Waals surface area contributed by atoms with Crippen molar-refractivity contribution in [2.75, 3.05) is 6.61 Å². The molecule has 3 unspecified atom stereocenters. The minimum absolute atomic E-state index is 0.0569. The number of rotatable bonds is 7. The second-order valence-corrected chi connectivity index (χ2v) is 6.44. The van der Waals surface area contributed by atoms with Crippen molar-refractivity contribution in [3.63, 3.8) is 0 Å². The van der Waals surface area contributed by atoms with Crippen molar-refractivity contribution in [2.24, 2.45) is 0 Å². The van der Waals surface area contributed by atoms with Crippen LogP contribution in [0.15, 0.2) is 30.3 Å². The standard InChI is InChI=1S/C17H23NO9/c19-8-11(21)14(23)15-13(10(20)7-17(26,27-15)16(24)25)18-12(22)6-9-4-2-1-3-5-9/h1-5,10-11,13-15,19-21,23,26H,6-8H2,(H,18,22)(H,24,25)/t10-,11?,13-,14?,15?,17+/m1/s1. The monoisotopic (exact) mass is 385 g/mol. The molecule has 0 bridgehead atoms. The van der Waals surface area contributed by atoms with Gasteiger partial charge in [0.15, 0.2) is 0 Å².